The van der Waals surface area contributed by atoms with Crippen molar-refractivity contribution in [3.8, 4) is 0 Å². The highest BCUT2D eigenvalue weighted by atomic mass is 15.2. The summed E-state index contributed by atoms with van der Waals surface area (Å²) >= 11 is 0. The number of benzene rings is 1. The maximum Gasteiger partial charge on any atom is 0.0320 e. The second-order valence-electron chi connectivity index (χ2n) is 5.24. The van der Waals surface area contributed by atoms with E-state index in [9.17, 15) is 0 Å². The monoisotopic (exact) mass is 232 g/mol. The number of nitrogens with zero attached hydrogens (tertiary/aromatic N) is 1. The Kier molecular flexibility index (Phi) is 4.19. The van der Waals surface area contributed by atoms with Gasteiger partial charge in [-0.3, -0.25) is 4.90 Å². The van der Waals surface area contributed by atoms with E-state index in [4.69, 9.17) is 0 Å². The zero-order chi connectivity index (χ0) is 12.3. The molecule has 3 unspecified atom stereocenters. The van der Waals surface area contributed by atoms with Crippen molar-refractivity contribution in [3.63, 3.8) is 0 Å². The summed E-state index contributed by atoms with van der Waals surface area (Å²) < 4.78 is 0. The van der Waals surface area contributed by atoms with Crippen LogP contribution in [0.15, 0.2) is 30.3 Å². The summed E-state index contributed by atoms with van der Waals surface area (Å²) in [6.07, 6.45) is 1.26. The van der Waals surface area contributed by atoms with Crippen LogP contribution in [0, 0.1) is 5.92 Å². The molecule has 0 aliphatic carbocycles. The van der Waals surface area contributed by atoms with Crippen LogP contribution in [0.4, 0.5) is 0 Å². The molecule has 1 aromatic rings. The number of hydrogen-bond acceptors (Lipinski definition) is 2. The lowest BCUT2D eigenvalue weighted by Gasteiger charge is -2.40. The smallest absolute Gasteiger partial charge is 0.0320 e. The van der Waals surface area contributed by atoms with Crippen LogP contribution in [0.2, 0.25) is 0 Å². The van der Waals surface area contributed by atoms with Gasteiger partial charge in [0.15, 0.2) is 0 Å². The predicted octanol–water partition coefficient (Wildman–Crippen LogP) is 2.68. The molecule has 3 atom stereocenters. The lowest BCUT2D eigenvalue weighted by molar-refractivity contribution is 0.114. The Morgan fingerprint density at radius 2 is 2.00 bits per heavy atom. The first-order chi connectivity index (χ1) is 8.22. The SMILES string of the molecule is CNC1CCN(C(C)c2ccccc2)CC1C. The Morgan fingerprint density at radius 1 is 1.29 bits per heavy atom. The maximum atomic E-state index is 3.43. The summed E-state index contributed by atoms with van der Waals surface area (Å²) in [6.45, 7) is 7.07. The third-order valence-electron chi connectivity index (χ3n) is 4.14. The number of hydrogen-bond donors (Lipinski definition) is 1. The van der Waals surface area contributed by atoms with Crippen LogP contribution in [0.3, 0.4) is 0 Å². The third kappa shape index (κ3) is 2.88. The van der Waals surface area contributed by atoms with Gasteiger partial charge in [0.05, 0.1) is 0 Å². The van der Waals surface area contributed by atoms with Crippen LogP contribution in [-0.4, -0.2) is 31.1 Å². The van der Waals surface area contributed by atoms with E-state index < -0.39 is 0 Å². The van der Waals surface area contributed by atoms with Crippen molar-refractivity contribution in [1.82, 2.24) is 10.2 Å². The summed E-state index contributed by atoms with van der Waals surface area (Å²) in [4.78, 5) is 2.60. The van der Waals surface area contributed by atoms with E-state index in [-0.39, 0.29) is 0 Å². The van der Waals surface area contributed by atoms with E-state index in [2.05, 4.69) is 61.4 Å². The number of likely N-dealkylation sites (tertiary alicyclic amines) is 1. The molecule has 2 heteroatoms. The van der Waals surface area contributed by atoms with Gasteiger partial charge in [-0.05, 0) is 31.9 Å². The van der Waals surface area contributed by atoms with E-state index in [1.54, 1.807) is 0 Å². The molecule has 0 saturated carbocycles. The second-order valence-corrected chi connectivity index (χ2v) is 5.24. The molecule has 94 valence electrons. The molecule has 0 radical (unpaired) electrons. The largest absolute Gasteiger partial charge is 0.317 e. The minimum Gasteiger partial charge on any atom is -0.317 e. The fraction of sp³-hybridized carbons (Fsp3) is 0.600. The van der Waals surface area contributed by atoms with Gasteiger partial charge in [-0.1, -0.05) is 37.3 Å². The highest BCUT2D eigenvalue weighted by molar-refractivity contribution is 5.18. The molecule has 2 rings (SSSR count). The van der Waals surface area contributed by atoms with Gasteiger partial charge in [0.1, 0.15) is 0 Å². The van der Waals surface area contributed by atoms with E-state index >= 15 is 0 Å². The lowest BCUT2D eigenvalue weighted by Crippen LogP contribution is -2.47. The molecule has 1 heterocycles. The van der Waals surface area contributed by atoms with Crippen LogP contribution in [-0.2, 0) is 0 Å². The fourth-order valence-electron chi connectivity index (χ4n) is 2.90. The van der Waals surface area contributed by atoms with Crippen LogP contribution in [0.1, 0.15) is 31.9 Å². The van der Waals surface area contributed by atoms with Crippen LogP contribution in [0.25, 0.3) is 0 Å². The van der Waals surface area contributed by atoms with Crippen molar-refractivity contribution in [2.75, 3.05) is 20.1 Å². The molecule has 1 aliphatic rings. The fourth-order valence-corrected chi connectivity index (χ4v) is 2.90. The Balaban J connectivity index is 2.00. The number of piperidine rings is 1. The van der Waals surface area contributed by atoms with Crippen molar-refractivity contribution >= 4 is 0 Å². The zero-order valence-electron chi connectivity index (χ0n) is 11.2. The lowest BCUT2D eigenvalue weighted by atomic mass is 9.92. The molecule has 0 bridgehead atoms. The van der Waals surface area contributed by atoms with Gasteiger partial charge in [0, 0.05) is 25.2 Å². The van der Waals surface area contributed by atoms with Gasteiger partial charge in [0.2, 0.25) is 0 Å². The first-order valence-electron chi connectivity index (χ1n) is 6.68. The molecule has 1 N–H and O–H groups in total. The van der Waals surface area contributed by atoms with Crippen LogP contribution >= 0.6 is 0 Å². The third-order valence-corrected chi connectivity index (χ3v) is 4.14. The Labute approximate surface area is 105 Å². The van der Waals surface area contributed by atoms with Crippen molar-refractivity contribution in [2.24, 2.45) is 5.92 Å². The van der Waals surface area contributed by atoms with E-state index in [0.29, 0.717) is 12.1 Å². The molecule has 17 heavy (non-hydrogen) atoms. The second kappa shape index (κ2) is 5.65. The van der Waals surface area contributed by atoms with Crippen LogP contribution in [0.5, 0.6) is 0 Å². The van der Waals surface area contributed by atoms with Crippen LogP contribution < -0.4 is 5.32 Å². The molecule has 0 amide bonds. The summed E-state index contributed by atoms with van der Waals surface area (Å²) in [5.41, 5.74) is 1.43. The van der Waals surface area contributed by atoms with Gasteiger partial charge >= 0.3 is 0 Å². The molecule has 1 saturated heterocycles. The summed E-state index contributed by atoms with van der Waals surface area (Å²) in [7, 11) is 2.08. The summed E-state index contributed by atoms with van der Waals surface area (Å²) in [5, 5.41) is 3.43. The standard InChI is InChI=1S/C15H24N2/c1-12-11-17(10-9-15(12)16-3)13(2)14-7-5-4-6-8-14/h4-8,12-13,15-16H,9-11H2,1-3H3. The summed E-state index contributed by atoms with van der Waals surface area (Å²) in [6, 6.07) is 12.1. The van der Waals surface area contributed by atoms with Gasteiger partial charge in [0.25, 0.3) is 0 Å². The van der Waals surface area contributed by atoms with Gasteiger partial charge in [-0.15, -0.1) is 0 Å². The maximum absolute atomic E-state index is 3.43. The van der Waals surface area contributed by atoms with Gasteiger partial charge < -0.3 is 5.32 Å². The molecule has 0 aromatic heterocycles. The normalized spacial score (nSPS) is 27.9. The molecule has 1 aliphatic heterocycles. The van der Waals surface area contributed by atoms with E-state index in [0.717, 1.165) is 5.92 Å². The Bertz CT molecular complexity index is 336. The molecular weight excluding hydrogens is 208 g/mol. The molecule has 0 spiro atoms. The van der Waals surface area contributed by atoms with Gasteiger partial charge in [-0.25, -0.2) is 0 Å². The number of nitrogens with one attached hydrogen (secondary N) is 1. The first-order valence-corrected chi connectivity index (χ1v) is 6.68. The minimum absolute atomic E-state index is 0.538. The average Bonchev–Trinajstić information content (AvgIpc) is 2.39. The molecular formula is C15H24N2. The Morgan fingerprint density at radius 3 is 2.59 bits per heavy atom. The quantitative estimate of drug-likeness (QED) is 0.862. The zero-order valence-corrected chi connectivity index (χ0v) is 11.2. The Hall–Kier alpha value is -0.860. The van der Waals surface area contributed by atoms with Crippen molar-refractivity contribution < 1.29 is 0 Å². The van der Waals surface area contributed by atoms with Crippen molar-refractivity contribution in [1.29, 1.82) is 0 Å². The topological polar surface area (TPSA) is 15.3 Å². The van der Waals surface area contributed by atoms with E-state index in [1.807, 2.05) is 0 Å². The minimum atomic E-state index is 0.538. The average molecular weight is 232 g/mol. The predicted molar refractivity (Wildman–Crippen MR) is 73.1 cm³/mol. The highest BCUT2D eigenvalue weighted by Gasteiger charge is 2.27. The molecule has 1 aromatic carbocycles. The molecule has 1 fully saturated rings. The summed E-state index contributed by atoms with van der Waals surface area (Å²) in [5.74, 6) is 0.736. The highest BCUT2D eigenvalue weighted by Crippen LogP contribution is 2.26. The van der Waals surface area contributed by atoms with Gasteiger partial charge in [-0.2, -0.15) is 0 Å². The number of rotatable bonds is 3. The van der Waals surface area contributed by atoms with E-state index in [1.165, 1.54) is 25.1 Å². The van der Waals surface area contributed by atoms with Crippen molar-refractivity contribution in [3.05, 3.63) is 35.9 Å². The molecule has 2 nitrogen and oxygen atoms in total. The first kappa shape index (κ1) is 12.6. The van der Waals surface area contributed by atoms with Crippen molar-refractivity contribution in [2.45, 2.75) is 32.4 Å².